The van der Waals surface area contributed by atoms with Gasteiger partial charge in [-0.25, -0.2) is 4.98 Å². The lowest BCUT2D eigenvalue weighted by Gasteiger charge is -2.13. The van der Waals surface area contributed by atoms with Crippen molar-refractivity contribution in [1.82, 2.24) is 14.9 Å². The Morgan fingerprint density at radius 1 is 1.45 bits per heavy atom. The number of aromatic nitrogens is 2. The number of amides is 1. The van der Waals surface area contributed by atoms with Crippen LogP contribution in [0.5, 0.6) is 0 Å². The highest BCUT2D eigenvalue weighted by Crippen LogP contribution is 2.12. The molecule has 0 aliphatic carbocycles. The summed E-state index contributed by atoms with van der Waals surface area (Å²) in [6.45, 7) is 2.75. The van der Waals surface area contributed by atoms with Gasteiger partial charge in [-0.05, 0) is 31.9 Å². The lowest BCUT2D eigenvalue weighted by molar-refractivity contribution is -0.121. The zero-order valence-corrected chi connectivity index (χ0v) is 11.7. The van der Waals surface area contributed by atoms with Crippen LogP contribution < -0.4 is 5.32 Å². The van der Waals surface area contributed by atoms with Crippen LogP contribution in [0.2, 0.25) is 0 Å². The molecular weight excluding hydrogens is 254 g/mol. The molecule has 108 valence electrons. The Morgan fingerprint density at radius 3 is 3.05 bits per heavy atom. The summed E-state index contributed by atoms with van der Waals surface area (Å²) in [6.07, 6.45) is 3.72. The van der Waals surface area contributed by atoms with Crippen molar-refractivity contribution < 1.29 is 9.90 Å². The molecule has 0 fully saturated rings. The first-order chi connectivity index (χ1) is 9.70. The number of imidazole rings is 1. The van der Waals surface area contributed by atoms with E-state index in [1.807, 2.05) is 35.8 Å². The highest BCUT2D eigenvalue weighted by atomic mass is 16.3. The number of hydrogen-bond donors (Lipinski definition) is 2. The van der Waals surface area contributed by atoms with Gasteiger partial charge in [-0.2, -0.15) is 0 Å². The summed E-state index contributed by atoms with van der Waals surface area (Å²) in [6, 6.07) is 7.99. The molecule has 0 radical (unpaired) electrons. The molecule has 0 saturated heterocycles. The van der Waals surface area contributed by atoms with E-state index >= 15 is 0 Å². The maximum absolute atomic E-state index is 11.8. The van der Waals surface area contributed by atoms with Gasteiger partial charge >= 0.3 is 0 Å². The van der Waals surface area contributed by atoms with Crippen molar-refractivity contribution in [2.45, 2.75) is 38.8 Å². The fourth-order valence-electron chi connectivity index (χ4n) is 2.23. The lowest BCUT2D eigenvalue weighted by atomic mass is 10.2. The van der Waals surface area contributed by atoms with E-state index in [-0.39, 0.29) is 18.6 Å². The van der Waals surface area contributed by atoms with E-state index in [2.05, 4.69) is 10.3 Å². The number of nitrogens with zero attached hydrogens (tertiary/aromatic N) is 2. The third-order valence-electron chi connectivity index (χ3n) is 3.31. The second-order valence-corrected chi connectivity index (χ2v) is 5.01. The van der Waals surface area contributed by atoms with Crippen molar-refractivity contribution >= 4 is 16.9 Å². The SMILES string of the molecule is CC(CCCO)NC(=O)CCn1cnc2ccccc21. The van der Waals surface area contributed by atoms with Crippen LogP contribution in [0.3, 0.4) is 0 Å². The minimum Gasteiger partial charge on any atom is -0.396 e. The van der Waals surface area contributed by atoms with E-state index < -0.39 is 0 Å². The largest absolute Gasteiger partial charge is 0.396 e. The third-order valence-corrected chi connectivity index (χ3v) is 3.31. The summed E-state index contributed by atoms with van der Waals surface area (Å²) in [5.74, 6) is 0.0354. The van der Waals surface area contributed by atoms with Crippen molar-refractivity contribution in [2.24, 2.45) is 0 Å². The van der Waals surface area contributed by atoms with Crippen molar-refractivity contribution in [1.29, 1.82) is 0 Å². The number of carbonyl (C=O) groups excluding carboxylic acids is 1. The number of aryl methyl sites for hydroxylation is 1. The number of nitrogens with one attached hydrogen (secondary N) is 1. The predicted molar refractivity (Wildman–Crippen MR) is 78.3 cm³/mol. The van der Waals surface area contributed by atoms with Gasteiger partial charge in [-0.3, -0.25) is 4.79 Å². The molecule has 2 rings (SSSR count). The van der Waals surface area contributed by atoms with E-state index in [0.717, 1.165) is 17.5 Å². The number of para-hydroxylation sites is 2. The molecule has 0 bridgehead atoms. The fraction of sp³-hybridized carbons (Fsp3) is 0.467. The average molecular weight is 275 g/mol. The lowest BCUT2D eigenvalue weighted by Crippen LogP contribution is -2.33. The third kappa shape index (κ3) is 3.81. The van der Waals surface area contributed by atoms with E-state index in [1.165, 1.54) is 0 Å². The Balaban J connectivity index is 1.84. The first-order valence-electron chi connectivity index (χ1n) is 7.01. The second-order valence-electron chi connectivity index (χ2n) is 5.01. The zero-order valence-electron chi connectivity index (χ0n) is 11.7. The maximum atomic E-state index is 11.8. The van der Waals surface area contributed by atoms with Gasteiger partial charge in [0.05, 0.1) is 17.4 Å². The van der Waals surface area contributed by atoms with Gasteiger partial charge in [0.1, 0.15) is 0 Å². The minimum atomic E-state index is 0.0354. The number of aliphatic hydroxyl groups is 1. The number of rotatable bonds is 7. The molecule has 0 saturated carbocycles. The molecule has 2 N–H and O–H groups in total. The average Bonchev–Trinajstić information content (AvgIpc) is 2.86. The van der Waals surface area contributed by atoms with Crippen LogP contribution in [-0.2, 0) is 11.3 Å². The summed E-state index contributed by atoms with van der Waals surface area (Å²) in [5.41, 5.74) is 2.00. The quantitative estimate of drug-likeness (QED) is 0.808. The Hall–Kier alpha value is -1.88. The van der Waals surface area contributed by atoms with Gasteiger partial charge in [-0.15, -0.1) is 0 Å². The standard InChI is InChI=1S/C15H21N3O2/c1-12(5-4-10-19)17-15(20)8-9-18-11-16-13-6-2-3-7-14(13)18/h2-3,6-7,11-12,19H,4-5,8-10H2,1H3,(H,17,20). The van der Waals surface area contributed by atoms with Crippen molar-refractivity contribution in [3.05, 3.63) is 30.6 Å². The summed E-state index contributed by atoms with van der Waals surface area (Å²) >= 11 is 0. The Labute approximate surface area is 118 Å². The topological polar surface area (TPSA) is 67.2 Å². The molecule has 0 spiro atoms. The number of fused-ring (bicyclic) bond motifs is 1. The zero-order chi connectivity index (χ0) is 14.4. The van der Waals surface area contributed by atoms with Crippen LogP contribution in [0.4, 0.5) is 0 Å². The molecule has 0 aliphatic heterocycles. The molecule has 1 amide bonds. The van der Waals surface area contributed by atoms with Crippen molar-refractivity contribution in [3.8, 4) is 0 Å². The van der Waals surface area contributed by atoms with Crippen molar-refractivity contribution in [2.75, 3.05) is 6.61 Å². The molecule has 1 aromatic carbocycles. The van der Waals surface area contributed by atoms with Crippen LogP contribution in [0.15, 0.2) is 30.6 Å². The van der Waals surface area contributed by atoms with Gasteiger partial charge < -0.3 is 15.0 Å². The van der Waals surface area contributed by atoms with Crippen LogP contribution in [0.1, 0.15) is 26.2 Å². The summed E-state index contributed by atoms with van der Waals surface area (Å²) in [7, 11) is 0. The van der Waals surface area contributed by atoms with Crippen LogP contribution >= 0.6 is 0 Å². The Bertz CT molecular complexity index is 565. The fourth-order valence-corrected chi connectivity index (χ4v) is 2.23. The summed E-state index contributed by atoms with van der Waals surface area (Å²) in [4.78, 5) is 16.1. The van der Waals surface area contributed by atoms with E-state index in [1.54, 1.807) is 6.33 Å². The van der Waals surface area contributed by atoms with Gasteiger partial charge in [0, 0.05) is 25.6 Å². The van der Waals surface area contributed by atoms with E-state index in [4.69, 9.17) is 5.11 Å². The highest BCUT2D eigenvalue weighted by Gasteiger charge is 2.08. The summed E-state index contributed by atoms with van der Waals surface area (Å²) in [5, 5.41) is 11.7. The van der Waals surface area contributed by atoms with E-state index in [9.17, 15) is 4.79 Å². The molecule has 5 nitrogen and oxygen atoms in total. The van der Waals surface area contributed by atoms with Crippen LogP contribution in [-0.4, -0.2) is 33.2 Å². The number of hydrogen-bond acceptors (Lipinski definition) is 3. The number of aliphatic hydroxyl groups excluding tert-OH is 1. The first kappa shape index (κ1) is 14.5. The molecular formula is C15H21N3O2. The molecule has 1 aromatic heterocycles. The minimum absolute atomic E-state index is 0.0354. The maximum Gasteiger partial charge on any atom is 0.221 e. The van der Waals surface area contributed by atoms with Crippen LogP contribution in [0, 0.1) is 0 Å². The Morgan fingerprint density at radius 2 is 2.25 bits per heavy atom. The Kier molecular flexibility index (Phi) is 5.12. The van der Waals surface area contributed by atoms with Gasteiger partial charge in [-0.1, -0.05) is 12.1 Å². The van der Waals surface area contributed by atoms with E-state index in [0.29, 0.717) is 19.4 Å². The number of carbonyl (C=O) groups is 1. The predicted octanol–water partition coefficient (Wildman–Crippen LogP) is 1.70. The highest BCUT2D eigenvalue weighted by molar-refractivity contribution is 5.77. The monoisotopic (exact) mass is 275 g/mol. The summed E-state index contributed by atoms with van der Waals surface area (Å²) < 4.78 is 1.99. The molecule has 1 heterocycles. The van der Waals surface area contributed by atoms with Crippen molar-refractivity contribution in [3.63, 3.8) is 0 Å². The van der Waals surface area contributed by atoms with Crippen LogP contribution in [0.25, 0.3) is 11.0 Å². The number of benzene rings is 1. The molecule has 20 heavy (non-hydrogen) atoms. The molecule has 0 aliphatic rings. The van der Waals surface area contributed by atoms with Gasteiger partial charge in [0.15, 0.2) is 0 Å². The normalized spacial score (nSPS) is 12.5. The molecule has 2 aromatic rings. The smallest absolute Gasteiger partial charge is 0.221 e. The molecule has 1 atom stereocenters. The molecule has 1 unspecified atom stereocenters. The van der Waals surface area contributed by atoms with Gasteiger partial charge in [0.2, 0.25) is 5.91 Å². The molecule has 5 heteroatoms. The second kappa shape index (κ2) is 7.05. The first-order valence-corrected chi connectivity index (χ1v) is 7.01. The van der Waals surface area contributed by atoms with Gasteiger partial charge in [0.25, 0.3) is 0 Å².